The molecule has 0 radical (unpaired) electrons. The molecule has 3 rings (SSSR count). The first-order valence-electron chi connectivity index (χ1n) is 10.3. The first kappa shape index (κ1) is 24.6. The highest BCUT2D eigenvalue weighted by Gasteiger charge is 2.40. The van der Waals surface area contributed by atoms with Crippen LogP contribution in [-0.4, -0.2) is 34.3 Å². The van der Waals surface area contributed by atoms with E-state index in [2.05, 4.69) is 10.5 Å². The van der Waals surface area contributed by atoms with Crippen molar-refractivity contribution in [3.05, 3.63) is 71.5 Å². The van der Waals surface area contributed by atoms with Crippen LogP contribution in [0.15, 0.2) is 54.7 Å². The second-order valence-electron chi connectivity index (χ2n) is 7.26. The van der Waals surface area contributed by atoms with Crippen molar-refractivity contribution in [2.75, 3.05) is 6.61 Å². The standard InChI is InChI=1S/C23H23F3N4O4/c1-4-33-17-9-11-18(12-10-17)34-15(3)21(31)28-29-22(32)19-13-27-30(20(19)23(24,25)26)16-7-5-14(2)6-8-16/h5-13,15H,4H2,1-3H3,(H,28,31)(H,29,32). The fraction of sp³-hybridized carbons (Fsp3) is 0.261. The van der Waals surface area contributed by atoms with Crippen LogP contribution >= 0.6 is 0 Å². The molecule has 0 aliphatic heterocycles. The molecule has 1 heterocycles. The number of rotatable bonds is 7. The Hall–Kier alpha value is -4.02. The lowest BCUT2D eigenvalue weighted by Crippen LogP contribution is -2.47. The number of nitrogens with one attached hydrogen (secondary N) is 2. The zero-order chi connectivity index (χ0) is 24.9. The number of alkyl halides is 3. The summed E-state index contributed by atoms with van der Waals surface area (Å²) < 4.78 is 52.7. The molecule has 0 aliphatic carbocycles. The molecular formula is C23H23F3N4O4. The van der Waals surface area contributed by atoms with Gasteiger partial charge in [0.15, 0.2) is 11.8 Å². The monoisotopic (exact) mass is 476 g/mol. The first-order chi connectivity index (χ1) is 16.1. The highest BCUT2D eigenvalue weighted by atomic mass is 19.4. The van der Waals surface area contributed by atoms with E-state index in [1.54, 1.807) is 43.3 Å². The average molecular weight is 476 g/mol. The number of halogens is 3. The third-order valence-corrected chi connectivity index (χ3v) is 4.68. The number of hydrogen-bond donors (Lipinski definition) is 2. The average Bonchev–Trinajstić information content (AvgIpc) is 3.25. The molecule has 3 aromatic rings. The minimum atomic E-state index is -4.87. The molecule has 0 saturated carbocycles. The van der Waals surface area contributed by atoms with Crippen molar-refractivity contribution in [1.82, 2.24) is 20.6 Å². The van der Waals surface area contributed by atoms with E-state index >= 15 is 0 Å². The van der Waals surface area contributed by atoms with Crippen LogP contribution in [0.4, 0.5) is 13.2 Å². The van der Waals surface area contributed by atoms with E-state index in [4.69, 9.17) is 9.47 Å². The van der Waals surface area contributed by atoms with Crippen LogP contribution in [0.2, 0.25) is 0 Å². The minimum absolute atomic E-state index is 0.137. The van der Waals surface area contributed by atoms with Gasteiger partial charge in [-0.25, -0.2) is 4.68 Å². The first-order valence-corrected chi connectivity index (χ1v) is 10.3. The molecule has 0 bridgehead atoms. The summed E-state index contributed by atoms with van der Waals surface area (Å²) in [5.41, 5.74) is 3.05. The summed E-state index contributed by atoms with van der Waals surface area (Å²) in [7, 11) is 0. The number of ether oxygens (including phenoxy) is 2. The zero-order valence-electron chi connectivity index (χ0n) is 18.6. The highest BCUT2D eigenvalue weighted by molar-refractivity contribution is 5.96. The Labute approximate surface area is 193 Å². The minimum Gasteiger partial charge on any atom is -0.494 e. The van der Waals surface area contributed by atoms with Crippen molar-refractivity contribution in [3.8, 4) is 17.2 Å². The largest absolute Gasteiger partial charge is 0.494 e. The van der Waals surface area contributed by atoms with E-state index in [1.807, 2.05) is 12.3 Å². The topological polar surface area (TPSA) is 94.5 Å². The van der Waals surface area contributed by atoms with Gasteiger partial charge in [-0.3, -0.25) is 20.4 Å². The Morgan fingerprint density at radius 2 is 1.65 bits per heavy atom. The van der Waals surface area contributed by atoms with E-state index in [-0.39, 0.29) is 5.69 Å². The Morgan fingerprint density at radius 3 is 2.24 bits per heavy atom. The Morgan fingerprint density at radius 1 is 1.03 bits per heavy atom. The van der Waals surface area contributed by atoms with Gasteiger partial charge in [-0.1, -0.05) is 17.7 Å². The summed E-state index contributed by atoms with van der Waals surface area (Å²) in [6.45, 7) is 5.56. The maximum Gasteiger partial charge on any atom is 0.434 e. The maximum atomic E-state index is 13.8. The molecule has 34 heavy (non-hydrogen) atoms. The van der Waals surface area contributed by atoms with Crippen molar-refractivity contribution in [2.24, 2.45) is 0 Å². The quantitative estimate of drug-likeness (QED) is 0.506. The maximum absolute atomic E-state index is 13.8. The number of aryl methyl sites for hydroxylation is 1. The number of aromatic nitrogens is 2. The third kappa shape index (κ3) is 5.85. The number of amides is 2. The Bertz CT molecular complexity index is 1140. The molecule has 2 N–H and O–H groups in total. The summed E-state index contributed by atoms with van der Waals surface area (Å²) in [5.74, 6) is -0.934. The predicted molar refractivity (Wildman–Crippen MR) is 117 cm³/mol. The fourth-order valence-corrected chi connectivity index (χ4v) is 3.00. The number of benzene rings is 2. The molecule has 11 heteroatoms. The van der Waals surface area contributed by atoms with Gasteiger partial charge >= 0.3 is 6.18 Å². The fourth-order valence-electron chi connectivity index (χ4n) is 3.00. The third-order valence-electron chi connectivity index (χ3n) is 4.68. The van der Waals surface area contributed by atoms with Gasteiger partial charge < -0.3 is 9.47 Å². The molecule has 0 spiro atoms. The number of hydrazine groups is 1. The van der Waals surface area contributed by atoms with E-state index in [9.17, 15) is 22.8 Å². The van der Waals surface area contributed by atoms with Gasteiger partial charge in [0.05, 0.1) is 24.1 Å². The van der Waals surface area contributed by atoms with Crippen LogP contribution in [0.3, 0.4) is 0 Å². The molecule has 2 aromatic carbocycles. The van der Waals surface area contributed by atoms with Gasteiger partial charge in [-0.05, 0) is 57.2 Å². The molecule has 0 aliphatic rings. The molecule has 180 valence electrons. The summed E-state index contributed by atoms with van der Waals surface area (Å²) in [6, 6.07) is 12.7. The molecule has 1 aromatic heterocycles. The molecule has 0 saturated heterocycles. The summed E-state index contributed by atoms with van der Waals surface area (Å²) >= 11 is 0. The van der Waals surface area contributed by atoms with Crippen LogP contribution < -0.4 is 20.3 Å². The summed E-state index contributed by atoms with van der Waals surface area (Å²) in [6.07, 6.45) is -5.12. The molecule has 1 unspecified atom stereocenters. The van der Waals surface area contributed by atoms with Crippen LogP contribution in [0.25, 0.3) is 5.69 Å². The second kappa shape index (κ2) is 10.3. The number of nitrogens with zero attached hydrogens (tertiary/aromatic N) is 2. The SMILES string of the molecule is CCOc1ccc(OC(C)C(=O)NNC(=O)c2cnn(-c3ccc(C)cc3)c2C(F)(F)F)cc1. The Kier molecular flexibility index (Phi) is 7.44. The smallest absolute Gasteiger partial charge is 0.434 e. The lowest BCUT2D eigenvalue weighted by Gasteiger charge is -2.16. The predicted octanol–water partition coefficient (Wildman–Crippen LogP) is 3.83. The van der Waals surface area contributed by atoms with Gasteiger partial charge in [-0.15, -0.1) is 0 Å². The van der Waals surface area contributed by atoms with E-state index in [1.165, 1.54) is 19.1 Å². The zero-order valence-corrected chi connectivity index (χ0v) is 18.6. The van der Waals surface area contributed by atoms with Crippen LogP contribution in [0.1, 0.15) is 35.5 Å². The van der Waals surface area contributed by atoms with Crippen LogP contribution in [-0.2, 0) is 11.0 Å². The van der Waals surface area contributed by atoms with Crippen LogP contribution in [0, 0.1) is 6.92 Å². The number of carbonyl (C=O) groups is 2. The lowest BCUT2D eigenvalue weighted by atomic mass is 10.2. The van der Waals surface area contributed by atoms with E-state index in [0.717, 1.165) is 11.8 Å². The molecule has 2 amide bonds. The normalized spacial score (nSPS) is 12.1. The Balaban J connectivity index is 1.68. The van der Waals surface area contributed by atoms with Gasteiger partial charge in [0.2, 0.25) is 0 Å². The molecule has 8 nitrogen and oxygen atoms in total. The van der Waals surface area contributed by atoms with E-state index < -0.39 is 35.4 Å². The molecule has 1 atom stereocenters. The van der Waals surface area contributed by atoms with Crippen molar-refractivity contribution in [3.63, 3.8) is 0 Å². The van der Waals surface area contributed by atoms with Crippen molar-refractivity contribution < 1.29 is 32.2 Å². The summed E-state index contributed by atoms with van der Waals surface area (Å²) in [5, 5.41) is 3.73. The summed E-state index contributed by atoms with van der Waals surface area (Å²) in [4.78, 5) is 24.7. The van der Waals surface area contributed by atoms with Gasteiger partial charge in [0.1, 0.15) is 11.5 Å². The number of hydrogen-bond acceptors (Lipinski definition) is 5. The van der Waals surface area contributed by atoms with Crippen LogP contribution in [0.5, 0.6) is 11.5 Å². The molecule has 0 fully saturated rings. The van der Waals surface area contributed by atoms with Gasteiger partial charge in [-0.2, -0.15) is 18.3 Å². The highest BCUT2D eigenvalue weighted by Crippen LogP contribution is 2.33. The van der Waals surface area contributed by atoms with Crippen molar-refractivity contribution in [2.45, 2.75) is 33.1 Å². The molecular weight excluding hydrogens is 453 g/mol. The van der Waals surface area contributed by atoms with Crippen molar-refractivity contribution >= 4 is 11.8 Å². The van der Waals surface area contributed by atoms with Gasteiger partial charge in [0.25, 0.3) is 11.8 Å². The second-order valence-corrected chi connectivity index (χ2v) is 7.26. The lowest BCUT2D eigenvalue weighted by molar-refractivity contribution is -0.143. The number of carbonyl (C=O) groups excluding carboxylic acids is 2. The van der Waals surface area contributed by atoms with Gasteiger partial charge in [0, 0.05) is 0 Å². The van der Waals surface area contributed by atoms with Crippen molar-refractivity contribution in [1.29, 1.82) is 0 Å². The van der Waals surface area contributed by atoms with E-state index in [0.29, 0.717) is 22.8 Å².